The van der Waals surface area contributed by atoms with Gasteiger partial charge in [-0.05, 0) is 31.0 Å². The number of benzene rings is 2. The first-order valence-corrected chi connectivity index (χ1v) is 9.21. The second kappa shape index (κ2) is 7.83. The Balaban J connectivity index is 1.63. The van der Waals surface area contributed by atoms with Crippen LogP contribution in [-0.4, -0.2) is 17.7 Å². The van der Waals surface area contributed by atoms with Gasteiger partial charge in [-0.25, -0.2) is 0 Å². The van der Waals surface area contributed by atoms with Crippen molar-refractivity contribution in [2.75, 3.05) is 0 Å². The molecule has 0 radical (unpaired) electrons. The summed E-state index contributed by atoms with van der Waals surface area (Å²) >= 11 is 3.45. The number of carbonyl (C=O) groups is 1. The van der Waals surface area contributed by atoms with Gasteiger partial charge in [0.1, 0.15) is 0 Å². The minimum atomic E-state index is -0.575. The monoisotopic (exact) mass is 400 g/mol. The molecule has 1 amide bonds. The molecule has 0 saturated carbocycles. The summed E-state index contributed by atoms with van der Waals surface area (Å²) in [5, 5.41) is 7.18. The SMILES string of the molecule is CCC(NC(=O)C1CC(c2cccc(Br)c2)=NO1)c1ccc(C)cc1. The molecule has 130 valence electrons. The lowest BCUT2D eigenvalue weighted by Crippen LogP contribution is -2.37. The van der Waals surface area contributed by atoms with Crippen LogP contribution in [0, 0.1) is 6.92 Å². The van der Waals surface area contributed by atoms with Gasteiger partial charge in [0.2, 0.25) is 6.10 Å². The van der Waals surface area contributed by atoms with Crippen molar-refractivity contribution in [1.29, 1.82) is 0 Å². The third kappa shape index (κ3) is 4.28. The van der Waals surface area contributed by atoms with Crippen molar-refractivity contribution >= 4 is 27.5 Å². The van der Waals surface area contributed by atoms with Crippen molar-refractivity contribution in [3.8, 4) is 0 Å². The van der Waals surface area contributed by atoms with E-state index in [1.807, 2.05) is 24.3 Å². The number of oxime groups is 1. The second-order valence-electron chi connectivity index (χ2n) is 6.23. The van der Waals surface area contributed by atoms with Crippen LogP contribution in [0.4, 0.5) is 0 Å². The minimum Gasteiger partial charge on any atom is -0.382 e. The molecule has 1 aliphatic heterocycles. The smallest absolute Gasteiger partial charge is 0.264 e. The molecule has 0 fully saturated rings. The standard InChI is InChI=1S/C20H21BrN2O2/c1-3-17(14-9-7-13(2)8-10-14)22-20(24)19-12-18(23-25-19)15-5-4-6-16(21)11-15/h4-11,17,19H,3,12H2,1-2H3,(H,22,24). The van der Waals surface area contributed by atoms with Crippen molar-refractivity contribution in [2.24, 2.45) is 5.16 Å². The van der Waals surface area contributed by atoms with Crippen molar-refractivity contribution in [3.63, 3.8) is 0 Å². The van der Waals surface area contributed by atoms with E-state index in [4.69, 9.17) is 4.84 Å². The fourth-order valence-corrected chi connectivity index (χ4v) is 3.24. The maximum absolute atomic E-state index is 12.6. The lowest BCUT2D eigenvalue weighted by molar-refractivity contribution is -0.132. The van der Waals surface area contributed by atoms with E-state index < -0.39 is 6.10 Å². The van der Waals surface area contributed by atoms with E-state index in [1.165, 1.54) is 5.56 Å². The molecule has 0 saturated heterocycles. The summed E-state index contributed by atoms with van der Waals surface area (Å²) in [6.07, 6.45) is 0.724. The average Bonchev–Trinajstić information content (AvgIpc) is 3.11. The third-order valence-corrected chi connectivity index (χ3v) is 4.82. The van der Waals surface area contributed by atoms with Crippen LogP contribution in [0.1, 0.15) is 42.5 Å². The molecule has 0 bridgehead atoms. The summed E-state index contributed by atoms with van der Waals surface area (Å²) in [4.78, 5) is 18.0. The van der Waals surface area contributed by atoms with Gasteiger partial charge in [-0.1, -0.05) is 70.0 Å². The molecule has 0 aromatic heterocycles. The van der Waals surface area contributed by atoms with Gasteiger partial charge in [0, 0.05) is 16.5 Å². The van der Waals surface area contributed by atoms with E-state index in [-0.39, 0.29) is 11.9 Å². The van der Waals surface area contributed by atoms with Crippen molar-refractivity contribution in [3.05, 3.63) is 69.7 Å². The van der Waals surface area contributed by atoms with Crippen LogP contribution in [0.2, 0.25) is 0 Å². The van der Waals surface area contributed by atoms with E-state index in [2.05, 4.69) is 64.5 Å². The Bertz CT molecular complexity index is 787. The molecule has 1 N–H and O–H groups in total. The zero-order chi connectivity index (χ0) is 17.8. The Morgan fingerprint density at radius 2 is 2.08 bits per heavy atom. The first-order chi connectivity index (χ1) is 12.1. The fourth-order valence-electron chi connectivity index (χ4n) is 2.84. The predicted octanol–water partition coefficient (Wildman–Crippen LogP) is 4.52. The van der Waals surface area contributed by atoms with Gasteiger partial charge in [-0.3, -0.25) is 4.79 Å². The molecule has 1 heterocycles. The van der Waals surface area contributed by atoms with E-state index in [9.17, 15) is 4.79 Å². The third-order valence-electron chi connectivity index (χ3n) is 4.32. The molecule has 1 aliphatic rings. The van der Waals surface area contributed by atoms with Gasteiger partial charge in [0.05, 0.1) is 11.8 Å². The number of aryl methyl sites for hydroxylation is 1. The Morgan fingerprint density at radius 1 is 1.32 bits per heavy atom. The Morgan fingerprint density at radius 3 is 2.76 bits per heavy atom. The Kier molecular flexibility index (Phi) is 5.53. The molecule has 2 unspecified atom stereocenters. The number of hydrogen-bond donors (Lipinski definition) is 1. The minimum absolute atomic E-state index is 0.0216. The first-order valence-electron chi connectivity index (χ1n) is 8.42. The summed E-state index contributed by atoms with van der Waals surface area (Å²) in [5.41, 5.74) is 4.07. The molecule has 0 aliphatic carbocycles. The Hall–Kier alpha value is -2.14. The van der Waals surface area contributed by atoms with Crippen molar-refractivity contribution < 1.29 is 9.63 Å². The van der Waals surface area contributed by atoms with E-state index in [1.54, 1.807) is 0 Å². The van der Waals surface area contributed by atoms with Crippen molar-refractivity contribution in [2.45, 2.75) is 38.8 Å². The quantitative estimate of drug-likeness (QED) is 0.801. The molecule has 0 spiro atoms. The zero-order valence-corrected chi connectivity index (χ0v) is 15.9. The van der Waals surface area contributed by atoms with Crippen LogP contribution in [-0.2, 0) is 9.63 Å². The number of halogens is 1. The normalized spacial score (nSPS) is 17.6. The van der Waals surface area contributed by atoms with Crippen molar-refractivity contribution in [1.82, 2.24) is 5.32 Å². The van der Waals surface area contributed by atoms with Gasteiger partial charge < -0.3 is 10.2 Å². The topological polar surface area (TPSA) is 50.7 Å². The molecule has 2 aromatic carbocycles. The molecule has 2 atom stereocenters. The number of nitrogens with zero attached hydrogens (tertiary/aromatic N) is 1. The summed E-state index contributed by atoms with van der Waals surface area (Å²) in [7, 11) is 0. The number of rotatable bonds is 5. The molecule has 4 nitrogen and oxygen atoms in total. The van der Waals surface area contributed by atoms with Gasteiger partial charge in [0.25, 0.3) is 5.91 Å². The molecule has 5 heteroatoms. The first kappa shape index (κ1) is 17.7. The van der Waals surface area contributed by atoms with Gasteiger partial charge >= 0.3 is 0 Å². The average molecular weight is 401 g/mol. The lowest BCUT2D eigenvalue weighted by Gasteiger charge is -2.19. The van der Waals surface area contributed by atoms with Crippen LogP contribution in [0.5, 0.6) is 0 Å². The highest BCUT2D eigenvalue weighted by molar-refractivity contribution is 9.10. The molecular formula is C20H21BrN2O2. The fraction of sp³-hybridized carbons (Fsp3) is 0.300. The Labute approximate surface area is 156 Å². The van der Waals surface area contributed by atoms with E-state index >= 15 is 0 Å². The number of amides is 1. The van der Waals surface area contributed by atoms with E-state index in [0.29, 0.717) is 6.42 Å². The van der Waals surface area contributed by atoms with E-state index in [0.717, 1.165) is 27.7 Å². The summed E-state index contributed by atoms with van der Waals surface area (Å²) in [5.74, 6) is -0.124. The summed E-state index contributed by atoms with van der Waals surface area (Å²) in [6, 6.07) is 16.1. The predicted molar refractivity (Wildman–Crippen MR) is 103 cm³/mol. The van der Waals surface area contributed by atoms with Gasteiger partial charge in [0.15, 0.2) is 0 Å². The number of hydrogen-bond acceptors (Lipinski definition) is 3. The van der Waals surface area contributed by atoms with Crippen LogP contribution >= 0.6 is 15.9 Å². The van der Waals surface area contributed by atoms with Gasteiger partial charge in [-0.2, -0.15) is 0 Å². The second-order valence-corrected chi connectivity index (χ2v) is 7.14. The highest BCUT2D eigenvalue weighted by Crippen LogP contribution is 2.22. The largest absolute Gasteiger partial charge is 0.382 e. The molecule has 2 aromatic rings. The molecule has 25 heavy (non-hydrogen) atoms. The maximum atomic E-state index is 12.6. The lowest BCUT2D eigenvalue weighted by atomic mass is 10.0. The maximum Gasteiger partial charge on any atom is 0.264 e. The number of nitrogens with one attached hydrogen (secondary N) is 1. The van der Waals surface area contributed by atoms with Crippen LogP contribution in [0.15, 0.2) is 58.2 Å². The zero-order valence-electron chi connectivity index (χ0n) is 14.3. The summed E-state index contributed by atoms with van der Waals surface area (Å²) < 4.78 is 0.978. The molecule has 3 rings (SSSR count). The highest BCUT2D eigenvalue weighted by atomic mass is 79.9. The van der Waals surface area contributed by atoms with Gasteiger partial charge in [-0.15, -0.1) is 0 Å². The van der Waals surface area contributed by atoms with Crippen LogP contribution in [0.3, 0.4) is 0 Å². The van der Waals surface area contributed by atoms with Crippen LogP contribution < -0.4 is 5.32 Å². The number of carbonyl (C=O) groups excluding carboxylic acids is 1. The van der Waals surface area contributed by atoms with Crippen LogP contribution in [0.25, 0.3) is 0 Å². The molecular weight excluding hydrogens is 380 g/mol. The summed E-state index contributed by atoms with van der Waals surface area (Å²) in [6.45, 7) is 4.11. The highest BCUT2D eigenvalue weighted by Gasteiger charge is 2.30.